The fourth-order valence-corrected chi connectivity index (χ4v) is 3.39. The molecule has 0 atom stereocenters. The number of aromatic nitrogens is 2. The first-order chi connectivity index (χ1) is 9.28. The molecule has 0 bridgehead atoms. The van der Waals surface area contributed by atoms with Crippen LogP contribution in [-0.2, 0) is 13.0 Å². The Morgan fingerprint density at radius 2 is 2.11 bits per heavy atom. The number of nitrogens with zero attached hydrogens (tertiary/aromatic N) is 2. The highest BCUT2D eigenvalue weighted by atomic mass is 35.5. The standard InChI is InChI=1S/C16H21ClN2/c1-12-6-7-15-14(10-12)18-16(8-9-17)19(15)11-13-4-2-3-5-13/h6-7,10,13H,2-5,8-9,11H2,1H3. The van der Waals surface area contributed by atoms with Crippen molar-refractivity contribution in [2.45, 2.75) is 45.6 Å². The highest BCUT2D eigenvalue weighted by molar-refractivity contribution is 6.17. The van der Waals surface area contributed by atoms with Crippen molar-refractivity contribution in [1.82, 2.24) is 9.55 Å². The van der Waals surface area contributed by atoms with Gasteiger partial charge >= 0.3 is 0 Å². The quantitative estimate of drug-likeness (QED) is 0.761. The van der Waals surface area contributed by atoms with E-state index in [1.54, 1.807) is 0 Å². The van der Waals surface area contributed by atoms with Crippen LogP contribution < -0.4 is 0 Å². The molecule has 0 unspecified atom stereocenters. The van der Waals surface area contributed by atoms with Crippen LogP contribution in [0.1, 0.15) is 37.1 Å². The van der Waals surface area contributed by atoms with Crippen molar-refractivity contribution < 1.29 is 0 Å². The summed E-state index contributed by atoms with van der Waals surface area (Å²) in [5.74, 6) is 2.63. The Bertz CT molecular complexity index is 567. The van der Waals surface area contributed by atoms with E-state index < -0.39 is 0 Å². The van der Waals surface area contributed by atoms with Gasteiger partial charge in [0.25, 0.3) is 0 Å². The molecule has 3 rings (SSSR count). The lowest BCUT2D eigenvalue weighted by atomic mass is 10.1. The minimum atomic E-state index is 0.646. The van der Waals surface area contributed by atoms with Gasteiger partial charge in [-0.1, -0.05) is 18.9 Å². The van der Waals surface area contributed by atoms with Crippen molar-refractivity contribution in [3.05, 3.63) is 29.6 Å². The molecule has 102 valence electrons. The summed E-state index contributed by atoms with van der Waals surface area (Å²) in [4.78, 5) is 4.78. The largest absolute Gasteiger partial charge is 0.328 e. The average Bonchev–Trinajstić information content (AvgIpc) is 2.99. The van der Waals surface area contributed by atoms with Gasteiger partial charge in [0, 0.05) is 18.8 Å². The number of alkyl halides is 1. The molecule has 0 amide bonds. The van der Waals surface area contributed by atoms with E-state index in [1.807, 2.05) is 0 Å². The Hall–Kier alpha value is -1.02. The second-order valence-electron chi connectivity index (χ2n) is 5.72. The SMILES string of the molecule is Cc1ccc2c(c1)nc(CCCl)n2CC1CCCC1. The van der Waals surface area contributed by atoms with Gasteiger partial charge in [-0.15, -0.1) is 11.6 Å². The summed E-state index contributed by atoms with van der Waals surface area (Å²) in [6.07, 6.45) is 6.38. The van der Waals surface area contributed by atoms with Crippen molar-refractivity contribution in [2.75, 3.05) is 5.88 Å². The molecule has 0 spiro atoms. The number of benzene rings is 1. The topological polar surface area (TPSA) is 17.8 Å². The van der Waals surface area contributed by atoms with E-state index in [4.69, 9.17) is 16.6 Å². The predicted molar refractivity (Wildman–Crippen MR) is 80.9 cm³/mol. The van der Waals surface area contributed by atoms with Gasteiger partial charge in [-0.25, -0.2) is 4.98 Å². The third-order valence-electron chi connectivity index (χ3n) is 4.22. The van der Waals surface area contributed by atoms with Crippen molar-refractivity contribution >= 4 is 22.6 Å². The molecule has 0 saturated heterocycles. The third-order valence-corrected chi connectivity index (χ3v) is 4.41. The summed E-state index contributed by atoms with van der Waals surface area (Å²) in [5.41, 5.74) is 3.67. The van der Waals surface area contributed by atoms with Gasteiger partial charge in [0.2, 0.25) is 0 Å². The van der Waals surface area contributed by atoms with Gasteiger partial charge in [-0.2, -0.15) is 0 Å². The van der Waals surface area contributed by atoms with E-state index in [-0.39, 0.29) is 0 Å². The number of fused-ring (bicyclic) bond motifs is 1. The zero-order chi connectivity index (χ0) is 13.2. The van der Waals surface area contributed by atoms with Crippen LogP contribution in [0.2, 0.25) is 0 Å². The van der Waals surface area contributed by atoms with Gasteiger partial charge in [0.15, 0.2) is 0 Å². The Labute approximate surface area is 119 Å². The number of hydrogen-bond donors (Lipinski definition) is 0. The second kappa shape index (κ2) is 5.54. The molecule has 0 radical (unpaired) electrons. The molecular weight excluding hydrogens is 256 g/mol. The number of halogens is 1. The molecule has 0 aliphatic heterocycles. The van der Waals surface area contributed by atoms with Crippen LogP contribution >= 0.6 is 11.6 Å². The molecule has 1 aromatic heterocycles. The molecule has 2 nitrogen and oxygen atoms in total. The van der Waals surface area contributed by atoms with Crippen LogP contribution in [0.25, 0.3) is 11.0 Å². The van der Waals surface area contributed by atoms with E-state index in [0.717, 1.165) is 30.2 Å². The van der Waals surface area contributed by atoms with Gasteiger partial charge in [-0.05, 0) is 43.4 Å². The first kappa shape index (κ1) is 13.0. The van der Waals surface area contributed by atoms with Crippen LogP contribution in [-0.4, -0.2) is 15.4 Å². The summed E-state index contributed by atoms with van der Waals surface area (Å²) in [7, 11) is 0. The maximum Gasteiger partial charge on any atom is 0.111 e. The maximum absolute atomic E-state index is 5.93. The monoisotopic (exact) mass is 276 g/mol. The first-order valence-electron chi connectivity index (χ1n) is 7.29. The summed E-state index contributed by atoms with van der Waals surface area (Å²) < 4.78 is 2.41. The molecule has 2 aromatic rings. The Morgan fingerprint density at radius 3 is 2.84 bits per heavy atom. The third kappa shape index (κ3) is 2.64. The lowest BCUT2D eigenvalue weighted by molar-refractivity contribution is 0.455. The minimum absolute atomic E-state index is 0.646. The van der Waals surface area contributed by atoms with Crippen LogP contribution in [0.3, 0.4) is 0 Å². The summed E-state index contributed by atoms with van der Waals surface area (Å²) in [6.45, 7) is 3.24. The van der Waals surface area contributed by atoms with Crippen LogP contribution in [0.4, 0.5) is 0 Å². The Kier molecular flexibility index (Phi) is 3.79. The second-order valence-corrected chi connectivity index (χ2v) is 6.10. The predicted octanol–water partition coefficient (Wildman–Crippen LogP) is 4.32. The van der Waals surface area contributed by atoms with E-state index in [2.05, 4.69) is 29.7 Å². The molecule has 19 heavy (non-hydrogen) atoms. The summed E-state index contributed by atoms with van der Waals surface area (Å²) in [5, 5.41) is 0. The van der Waals surface area contributed by atoms with Gasteiger partial charge in [-0.3, -0.25) is 0 Å². The fraction of sp³-hybridized carbons (Fsp3) is 0.562. The average molecular weight is 277 g/mol. The molecule has 1 aliphatic rings. The van der Waals surface area contributed by atoms with E-state index >= 15 is 0 Å². The van der Waals surface area contributed by atoms with Crippen molar-refractivity contribution in [2.24, 2.45) is 5.92 Å². The number of rotatable bonds is 4. The normalized spacial score (nSPS) is 16.5. The zero-order valence-corrected chi connectivity index (χ0v) is 12.3. The maximum atomic E-state index is 5.93. The van der Waals surface area contributed by atoms with Crippen molar-refractivity contribution in [3.63, 3.8) is 0 Å². The summed E-state index contributed by atoms with van der Waals surface area (Å²) >= 11 is 5.93. The highest BCUT2D eigenvalue weighted by Gasteiger charge is 2.19. The number of imidazole rings is 1. The fourth-order valence-electron chi connectivity index (χ4n) is 3.22. The molecule has 1 heterocycles. The summed E-state index contributed by atoms with van der Waals surface area (Å²) in [6, 6.07) is 6.57. The molecule has 3 heteroatoms. The van der Waals surface area contributed by atoms with Crippen molar-refractivity contribution in [1.29, 1.82) is 0 Å². The Morgan fingerprint density at radius 1 is 1.32 bits per heavy atom. The Balaban J connectivity index is 2.00. The molecule has 1 aromatic carbocycles. The van der Waals surface area contributed by atoms with E-state index in [9.17, 15) is 0 Å². The first-order valence-corrected chi connectivity index (χ1v) is 7.83. The van der Waals surface area contributed by atoms with Gasteiger partial charge in [0.05, 0.1) is 11.0 Å². The number of aryl methyl sites for hydroxylation is 2. The molecule has 1 saturated carbocycles. The van der Waals surface area contributed by atoms with Gasteiger partial charge < -0.3 is 4.57 Å². The molecule has 0 N–H and O–H groups in total. The number of hydrogen-bond acceptors (Lipinski definition) is 1. The smallest absolute Gasteiger partial charge is 0.111 e. The van der Waals surface area contributed by atoms with Crippen molar-refractivity contribution in [3.8, 4) is 0 Å². The highest BCUT2D eigenvalue weighted by Crippen LogP contribution is 2.28. The van der Waals surface area contributed by atoms with Crippen LogP contribution in [0, 0.1) is 12.8 Å². The molecular formula is C16H21ClN2. The lowest BCUT2D eigenvalue weighted by Gasteiger charge is -2.13. The minimum Gasteiger partial charge on any atom is -0.328 e. The molecule has 1 fully saturated rings. The lowest BCUT2D eigenvalue weighted by Crippen LogP contribution is -2.11. The van der Waals surface area contributed by atoms with Crippen LogP contribution in [0.15, 0.2) is 18.2 Å². The molecule has 1 aliphatic carbocycles. The van der Waals surface area contributed by atoms with Crippen LogP contribution in [0.5, 0.6) is 0 Å². The van der Waals surface area contributed by atoms with Gasteiger partial charge in [0.1, 0.15) is 5.82 Å². The van der Waals surface area contributed by atoms with E-state index in [1.165, 1.54) is 36.8 Å². The zero-order valence-electron chi connectivity index (χ0n) is 11.5. The van der Waals surface area contributed by atoms with E-state index in [0.29, 0.717) is 5.88 Å².